The average Bonchev–Trinajstić information content (AvgIpc) is 2.04. The summed E-state index contributed by atoms with van der Waals surface area (Å²) in [6.07, 6.45) is 2.53. The molecule has 3 heteroatoms. The fourth-order valence-electron chi connectivity index (χ4n) is 1.92. The van der Waals surface area contributed by atoms with Crippen LogP contribution in [0.1, 0.15) is 33.6 Å². The molecule has 0 spiro atoms. The van der Waals surface area contributed by atoms with E-state index in [1.54, 1.807) is 0 Å². The Morgan fingerprint density at radius 3 is 2.15 bits per heavy atom. The summed E-state index contributed by atoms with van der Waals surface area (Å²) < 4.78 is 0. The monoisotopic (exact) mass is 202 g/mol. The number of nitrogens with zero attached hydrogens (tertiary/aromatic N) is 1. The normalized spacial score (nSPS) is 23.8. The number of hydrogen-bond acceptors (Lipinski definition) is 3. The van der Waals surface area contributed by atoms with E-state index in [0.717, 1.165) is 0 Å². The highest BCUT2D eigenvalue weighted by Gasteiger charge is 2.20. The van der Waals surface area contributed by atoms with Gasteiger partial charge in [0, 0.05) is 17.5 Å². The molecule has 0 saturated carbocycles. The second-order valence-corrected chi connectivity index (χ2v) is 5.02. The third kappa shape index (κ3) is 3.88. The Labute approximate surface area is 87.5 Å². The van der Waals surface area contributed by atoms with Gasteiger partial charge in [-0.1, -0.05) is 0 Å². The molecule has 0 amide bonds. The summed E-state index contributed by atoms with van der Waals surface area (Å²) in [5, 5.41) is 3.81. The molecular formula is C10H22N2S. The first-order valence-corrected chi connectivity index (χ1v) is 5.79. The van der Waals surface area contributed by atoms with Crippen molar-refractivity contribution in [3.63, 3.8) is 0 Å². The minimum atomic E-state index is 0.329. The summed E-state index contributed by atoms with van der Waals surface area (Å²) in [7, 11) is 0. The van der Waals surface area contributed by atoms with Gasteiger partial charge in [-0.05, 0) is 46.7 Å². The van der Waals surface area contributed by atoms with Gasteiger partial charge < -0.3 is 10.2 Å². The number of hydrogen-bond donors (Lipinski definition) is 2. The van der Waals surface area contributed by atoms with Crippen LogP contribution in [-0.2, 0) is 0 Å². The number of likely N-dealkylation sites (tertiary alicyclic amines) is 1. The van der Waals surface area contributed by atoms with Gasteiger partial charge in [0.25, 0.3) is 0 Å². The molecule has 1 heterocycles. The zero-order valence-electron chi connectivity index (χ0n) is 8.95. The van der Waals surface area contributed by atoms with Crippen LogP contribution in [0.3, 0.4) is 0 Å². The summed E-state index contributed by atoms with van der Waals surface area (Å²) >= 11 is 4.35. The van der Waals surface area contributed by atoms with E-state index in [1.165, 1.54) is 25.9 Å². The fraction of sp³-hybridized carbons (Fsp3) is 1.00. The Morgan fingerprint density at radius 1 is 1.23 bits per heavy atom. The predicted octanol–water partition coefficient (Wildman–Crippen LogP) is 1.72. The summed E-state index contributed by atoms with van der Waals surface area (Å²) in [6.45, 7) is 9.10. The largest absolute Gasteiger partial charge is 0.303 e. The van der Waals surface area contributed by atoms with E-state index < -0.39 is 0 Å². The lowest BCUT2D eigenvalue weighted by Gasteiger charge is -2.35. The highest BCUT2D eigenvalue weighted by molar-refractivity contribution is 7.80. The van der Waals surface area contributed by atoms with Gasteiger partial charge in [-0.25, -0.2) is 0 Å². The SMILES string of the molecule is CC(S)NC1CCN(C(C)C)CC1. The van der Waals surface area contributed by atoms with E-state index in [2.05, 4.69) is 43.6 Å². The molecule has 1 unspecified atom stereocenters. The highest BCUT2D eigenvalue weighted by Crippen LogP contribution is 2.13. The summed E-state index contributed by atoms with van der Waals surface area (Å²) in [4.78, 5) is 2.54. The zero-order valence-corrected chi connectivity index (χ0v) is 9.85. The molecule has 0 aliphatic carbocycles. The molecular weight excluding hydrogens is 180 g/mol. The maximum Gasteiger partial charge on any atom is 0.0475 e. The lowest BCUT2D eigenvalue weighted by Crippen LogP contribution is -2.46. The first kappa shape index (κ1) is 11.3. The van der Waals surface area contributed by atoms with Gasteiger partial charge in [-0.2, -0.15) is 12.6 Å². The second-order valence-electron chi connectivity index (χ2n) is 4.25. The number of rotatable bonds is 3. The van der Waals surface area contributed by atoms with Crippen LogP contribution in [0.4, 0.5) is 0 Å². The quantitative estimate of drug-likeness (QED) is 0.535. The molecule has 1 aliphatic heterocycles. The van der Waals surface area contributed by atoms with Gasteiger partial charge in [-0.15, -0.1) is 0 Å². The van der Waals surface area contributed by atoms with Gasteiger partial charge >= 0.3 is 0 Å². The standard InChI is InChI=1S/C10H22N2S/c1-8(2)12-6-4-10(5-7-12)11-9(3)13/h8-11,13H,4-7H2,1-3H3. The fourth-order valence-corrected chi connectivity index (χ4v) is 2.13. The third-order valence-electron chi connectivity index (χ3n) is 2.74. The van der Waals surface area contributed by atoms with Crippen molar-refractivity contribution < 1.29 is 0 Å². The van der Waals surface area contributed by atoms with Crippen molar-refractivity contribution in [1.82, 2.24) is 10.2 Å². The molecule has 1 rings (SSSR count). The molecule has 1 atom stereocenters. The molecule has 13 heavy (non-hydrogen) atoms. The number of nitrogens with one attached hydrogen (secondary N) is 1. The van der Waals surface area contributed by atoms with Crippen LogP contribution in [-0.4, -0.2) is 35.4 Å². The topological polar surface area (TPSA) is 15.3 Å². The molecule has 1 fully saturated rings. The van der Waals surface area contributed by atoms with Gasteiger partial charge in [0.05, 0.1) is 0 Å². The van der Waals surface area contributed by atoms with E-state index in [1.807, 2.05) is 0 Å². The first-order valence-electron chi connectivity index (χ1n) is 5.27. The molecule has 0 aromatic carbocycles. The maximum atomic E-state index is 4.35. The highest BCUT2D eigenvalue weighted by atomic mass is 32.1. The molecule has 1 N–H and O–H groups in total. The number of piperidine rings is 1. The minimum absolute atomic E-state index is 0.329. The average molecular weight is 202 g/mol. The summed E-state index contributed by atoms with van der Waals surface area (Å²) in [5.74, 6) is 0. The van der Waals surface area contributed by atoms with Crippen LogP contribution in [0.5, 0.6) is 0 Å². The molecule has 1 aliphatic rings. The van der Waals surface area contributed by atoms with Crippen LogP contribution in [0, 0.1) is 0 Å². The van der Waals surface area contributed by atoms with E-state index in [0.29, 0.717) is 17.5 Å². The second kappa shape index (κ2) is 5.23. The zero-order chi connectivity index (χ0) is 9.84. The van der Waals surface area contributed by atoms with E-state index in [-0.39, 0.29) is 0 Å². The Bertz CT molecular complexity index is 140. The van der Waals surface area contributed by atoms with Crippen LogP contribution in [0.2, 0.25) is 0 Å². The van der Waals surface area contributed by atoms with Crippen LogP contribution >= 0.6 is 12.6 Å². The van der Waals surface area contributed by atoms with Gasteiger partial charge in [-0.3, -0.25) is 0 Å². The Hall–Kier alpha value is 0.270. The van der Waals surface area contributed by atoms with Crippen molar-refractivity contribution in [2.75, 3.05) is 13.1 Å². The van der Waals surface area contributed by atoms with Crippen LogP contribution in [0.15, 0.2) is 0 Å². The molecule has 2 nitrogen and oxygen atoms in total. The van der Waals surface area contributed by atoms with Gasteiger partial charge in [0.15, 0.2) is 0 Å². The molecule has 0 aromatic heterocycles. The van der Waals surface area contributed by atoms with Gasteiger partial charge in [0.1, 0.15) is 0 Å². The molecule has 0 aromatic rings. The Kier molecular flexibility index (Phi) is 4.56. The van der Waals surface area contributed by atoms with Crippen molar-refractivity contribution in [1.29, 1.82) is 0 Å². The van der Waals surface area contributed by atoms with Gasteiger partial charge in [0.2, 0.25) is 0 Å². The van der Waals surface area contributed by atoms with Crippen LogP contribution in [0.25, 0.3) is 0 Å². The van der Waals surface area contributed by atoms with E-state index in [4.69, 9.17) is 0 Å². The Morgan fingerprint density at radius 2 is 1.77 bits per heavy atom. The summed E-state index contributed by atoms with van der Waals surface area (Å²) in [6, 6.07) is 1.39. The smallest absolute Gasteiger partial charge is 0.0475 e. The molecule has 0 bridgehead atoms. The van der Waals surface area contributed by atoms with Crippen molar-refractivity contribution >= 4 is 12.6 Å². The maximum absolute atomic E-state index is 4.35. The molecule has 1 saturated heterocycles. The number of thiol groups is 1. The molecule has 0 radical (unpaired) electrons. The first-order chi connectivity index (χ1) is 6.09. The Balaban J connectivity index is 2.22. The van der Waals surface area contributed by atoms with Crippen molar-refractivity contribution in [3.8, 4) is 0 Å². The summed E-state index contributed by atoms with van der Waals surface area (Å²) in [5.41, 5.74) is 0. The minimum Gasteiger partial charge on any atom is -0.303 e. The van der Waals surface area contributed by atoms with E-state index >= 15 is 0 Å². The lowest BCUT2D eigenvalue weighted by molar-refractivity contribution is 0.161. The van der Waals surface area contributed by atoms with Crippen molar-refractivity contribution in [2.24, 2.45) is 0 Å². The van der Waals surface area contributed by atoms with Crippen LogP contribution < -0.4 is 5.32 Å². The lowest BCUT2D eigenvalue weighted by atomic mass is 10.0. The molecule has 78 valence electrons. The predicted molar refractivity (Wildman–Crippen MR) is 61.3 cm³/mol. The third-order valence-corrected chi connectivity index (χ3v) is 2.89. The van der Waals surface area contributed by atoms with Crippen molar-refractivity contribution in [3.05, 3.63) is 0 Å². The van der Waals surface area contributed by atoms with Crippen molar-refractivity contribution in [2.45, 2.75) is 51.1 Å². The van der Waals surface area contributed by atoms with E-state index in [9.17, 15) is 0 Å².